The highest BCUT2D eigenvalue weighted by atomic mass is 16.2. The van der Waals surface area contributed by atoms with Gasteiger partial charge in [-0.15, -0.1) is 0 Å². The SMILES string of the molecule is NC(=O)C1CC1C(=O)c1cnc[nH]1. The molecule has 2 unspecified atom stereocenters. The highest BCUT2D eigenvalue weighted by molar-refractivity contribution is 6.01. The van der Waals surface area contributed by atoms with Crippen molar-refractivity contribution in [1.29, 1.82) is 0 Å². The number of amides is 1. The molecule has 1 aliphatic carbocycles. The highest BCUT2D eigenvalue weighted by Crippen LogP contribution is 2.40. The molecule has 0 spiro atoms. The molecule has 1 aliphatic rings. The predicted octanol–water partition coefficient (Wildman–Crippen LogP) is -0.286. The molecule has 0 saturated heterocycles. The van der Waals surface area contributed by atoms with Crippen molar-refractivity contribution in [3.8, 4) is 0 Å². The third kappa shape index (κ3) is 1.32. The van der Waals surface area contributed by atoms with Crippen LogP contribution in [0.25, 0.3) is 0 Å². The lowest BCUT2D eigenvalue weighted by atomic mass is 10.2. The molecule has 13 heavy (non-hydrogen) atoms. The van der Waals surface area contributed by atoms with E-state index in [0.29, 0.717) is 12.1 Å². The number of hydrogen-bond acceptors (Lipinski definition) is 3. The van der Waals surface area contributed by atoms with Crippen LogP contribution >= 0.6 is 0 Å². The number of aromatic nitrogens is 2. The van der Waals surface area contributed by atoms with Crippen LogP contribution in [0.5, 0.6) is 0 Å². The van der Waals surface area contributed by atoms with E-state index in [2.05, 4.69) is 9.97 Å². The number of Topliss-reactive ketones (excluding diaryl/α,β-unsaturated/α-hetero) is 1. The molecule has 2 rings (SSSR count). The van der Waals surface area contributed by atoms with Crippen molar-refractivity contribution in [3.05, 3.63) is 18.2 Å². The topological polar surface area (TPSA) is 88.8 Å². The Morgan fingerprint density at radius 1 is 1.54 bits per heavy atom. The van der Waals surface area contributed by atoms with Gasteiger partial charge >= 0.3 is 0 Å². The zero-order valence-corrected chi connectivity index (χ0v) is 6.86. The molecule has 2 atom stereocenters. The first-order chi connectivity index (χ1) is 6.20. The summed E-state index contributed by atoms with van der Waals surface area (Å²) in [6.07, 6.45) is 3.47. The van der Waals surface area contributed by atoms with Crippen molar-refractivity contribution >= 4 is 11.7 Å². The standard InChI is InChI=1S/C8H9N3O2/c9-8(13)5-1-4(5)7(12)6-2-10-3-11-6/h2-5H,1H2,(H2,9,13)(H,10,11). The fourth-order valence-corrected chi connectivity index (χ4v) is 1.39. The molecule has 0 aromatic carbocycles. The van der Waals surface area contributed by atoms with Crippen molar-refractivity contribution in [2.24, 2.45) is 17.6 Å². The van der Waals surface area contributed by atoms with Crippen LogP contribution in [0.3, 0.4) is 0 Å². The first kappa shape index (κ1) is 7.97. The number of carbonyl (C=O) groups is 2. The molecule has 1 aromatic rings. The van der Waals surface area contributed by atoms with Gasteiger partial charge in [-0.05, 0) is 6.42 Å². The molecule has 68 valence electrons. The second-order valence-corrected chi connectivity index (χ2v) is 3.18. The zero-order valence-electron chi connectivity index (χ0n) is 6.86. The third-order valence-electron chi connectivity index (χ3n) is 2.26. The van der Waals surface area contributed by atoms with Gasteiger partial charge in [0.25, 0.3) is 0 Å². The molecule has 1 aromatic heterocycles. The quantitative estimate of drug-likeness (QED) is 0.625. The van der Waals surface area contributed by atoms with Crippen LogP contribution in [0.4, 0.5) is 0 Å². The lowest BCUT2D eigenvalue weighted by Gasteiger charge is -1.93. The Balaban J connectivity index is 2.06. The Morgan fingerprint density at radius 2 is 2.31 bits per heavy atom. The Morgan fingerprint density at radius 3 is 2.77 bits per heavy atom. The van der Waals surface area contributed by atoms with Crippen molar-refractivity contribution in [2.45, 2.75) is 6.42 Å². The van der Waals surface area contributed by atoms with Crippen LogP contribution in [0, 0.1) is 11.8 Å². The Kier molecular flexibility index (Phi) is 1.65. The van der Waals surface area contributed by atoms with Crippen LogP contribution in [0.2, 0.25) is 0 Å². The molecule has 3 N–H and O–H groups in total. The minimum atomic E-state index is -0.391. The minimum Gasteiger partial charge on any atom is -0.369 e. The molecule has 1 amide bonds. The van der Waals surface area contributed by atoms with Gasteiger partial charge in [-0.25, -0.2) is 4.98 Å². The average molecular weight is 179 g/mol. The number of nitrogens with zero attached hydrogens (tertiary/aromatic N) is 1. The number of carbonyl (C=O) groups excluding carboxylic acids is 2. The molecule has 1 heterocycles. The van der Waals surface area contributed by atoms with Crippen molar-refractivity contribution in [2.75, 3.05) is 0 Å². The van der Waals surface area contributed by atoms with Crippen LogP contribution in [-0.2, 0) is 4.79 Å². The molecular weight excluding hydrogens is 170 g/mol. The number of imidazole rings is 1. The van der Waals surface area contributed by atoms with Gasteiger partial charge in [0.2, 0.25) is 5.91 Å². The monoisotopic (exact) mass is 179 g/mol. The number of aromatic amines is 1. The van der Waals surface area contributed by atoms with Crippen molar-refractivity contribution in [1.82, 2.24) is 9.97 Å². The number of nitrogens with one attached hydrogen (secondary N) is 1. The van der Waals surface area contributed by atoms with E-state index in [9.17, 15) is 9.59 Å². The number of H-pyrrole nitrogens is 1. The summed E-state index contributed by atoms with van der Waals surface area (Å²) in [5, 5.41) is 0. The fraction of sp³-hybridized carbons (Fsp3) is 0.375. The smallest absolute Gasteiger partial charge is 0.221 e. The van der Waals surface area contributed by atoms with E-state index >= 15 is 0 Å². The molecule has 1 fully saturated rings. The summed E-state index contributed by atoms with van der Waals surface area (Å²) in [6, 6.07) is 0. The largest absolute Gasteiger partial charge is 0.369 e. The molecule has 1 saturated carbocycles. The Bertz CT molecular complexity index is 344. The Hall–Kier alpha value is -1.65. The molecule has 5 heteroatoms. The van der Waals surface area contributed by atoms with Crippen molar-refractivity contribution < 1.29 is 9.59 Å². The Labute approximate surface area is 74.3 Å². The molecule has 0 radical (unpaired) electrons. The van der Waals surface area contributed by atoms with Gasteiger partial charge in [0.1, 0.15) is 5.69 Å². The van der Waals surface area contributed by atoms with Crippen LogP contribution in [-0.4, -0.2) is 21.7 Å². The maximum Gasteiger partial charge on any atom is 0.221 e. The maximum atomic E-state index is 11.5. The normalized spacial score (nSPS) is 25.5. The van der Waals surface area contributed by atoms with E-state index in [-0.39, 0.29) is 17.6 Å². The van der Waals surface area contributed by atoms with E-state index in [0.717, 1.165) is 0 Å². The van der Waals surface area contributed by atoms with Gasteiger partial charge in [0.15, 0.2) is 5.78 Å². The number of hydrogen-bond donors (Lipinski definition) is 2. The summed E-state index contributed by atoms with van der Waals surface area (Å²) in [4.78, 5) is 28.6. The fourth-order valence-electron chi connectivity index (χ4n) is 1.39. The van der Waals surface area contributed by atoms with Gasteiger partial charge in [-0.3, -0.25) is 9.59 Å². The second-order valence-electron chi connectivity index (χ2n) is 3.18. The van der Waals surface area contributed by atoms with Gasteiger partial charge < -0.3 is 10.7 Å². The number of ketones is 1. The molecule has 5 nitrogen and oxygen atoms in total. The van der Waals surface area contributed by atoms with Crippen LogP contribution in [0.15, 0.2) is 12.5 Å². The number of nitrogens with two attached hydrogens (primary N) is 1. The van der Waals surface area contributed by atoms with Gasteiger partial charge in [0, 0.05) is 11.8 Å². The summed E-state index contributed by atoms with van der Waals surface area (Å²) in [5.41, 5.74) is 5.51. The average Bonchev–Trinajstić information content (AvgIpc) is 2.72. The van der Waals surface area contributed by atoms with Gasteiger partial charge in [-0.1, -0.05) is 0 Å². The van der Waals surface area contributed by atoms with Crippen molar-refractivity contribution in [3.63, 3.8) is 0 Å². The summed E-state index contributed by atoms with van der Waals surface area (Å²) in [5.74, 6) is -0.951. The highest BCUT2D eigenvalue weighted by Gasteiger charge is 2.47. The summed E-state index contributed by atoms with van der Waals surface area (Å²) in [7, 11) is 0. The van der Waals surface area contributed by atoms with E-state index in [1.165, 1.54) is 12.5 Å². The second kappa shape index (κ2) is 2.69. The number of rotatable bonds is 3. The summed E-state index contributed by atoms with van der Waals surface area (Å²) >= 11 is 0. The number of primary amides is 1. The molecular formula is C8H9N3O2. The molecule has 0 aliphatic heterocycles. The van der Waals surface area contributed by atoms with E-state index in [1.807, 2.05) is 0 Å². The first-order valence-corrected chi connectivity index (χ1v) is 4.02. The lowest BCUT2D eigenvalue weighted by molar-refractivity contribution is -0.119. The molecule has 0 bridgehead atoms. The van der Waals surface area contributed by atoms with Crippen LogP contribution < -0.4 is 5.73 Å². The summed E-state index contributed by atoms with van der Waals surface area (Å²) < 4.78 is 0. The maximum absolute atomic E-state index is 11.5. The summed E-state index contributed by atoms with van der Waals surface area (Å²) in [6.45, 7) is 0. The predicted molar refractivity (Wildman–Crippen MR) is 43.7 cm³/mol. The van der Waals surface area contributed by atoms with E-state index in [1.54, 1.807) is 0 Å². The van der Waals surface area contributed by atoms with Gasteiger partial charge in [0.05, 0.1) is 12.5 Å². The van der Waals surface area contributed by atoms with Gasteiger partial charge in [-0.2, -0.15) is 0 Å². The van der Waals surface area contributed by atoms with E-state index in [4.69, 9.17) is 5.73 Å². The third-order valence-corrected chi connectivity index (χ3v) is 2.26. The zero-order chi connectivity index (χ0) is 9.42. The first-order valence-electron chi connectivity index (χ1n) is 4.02. The van der Waals surface area contributed by atoms with E-state index < -0.39 is 5.91 Å². The van der Waals surface area contributed by atoms with Crippen LogP contribution in [0.1, 0.15) is 16.9 Å². The lowest BCUT2D eigenvalue weighted by Crippen LogP contribution is -2.16. The minimum absolute atomic E-state index is 0.0682.